The van der Waals surface area contributed by atoms with Crippen LogP contribution in [-0.2, 0) is 56.0 Å². The predicted molar refractivity (Wildman–Crippen MR) is 253 cm³/mol. The van der Waals surface area contributed by atoms with Crippen molar-refractivity contribution in [3.63, 3.8) is 0 Å². The van der Waals surface area contributed by atoms with E-state index in [-0.39, 0.29) is 25.0 Å². The van der Waals surface area contributed by atoms with E-state index in [1.807, 2.05) is 0 Å². The first kappa shape index (κ1) is 57.5. The molecule has 0 aromatic heterocycles. The van der Waals surface area contributed by atoms with E-state index in [1.54, 1.807) is 84.1 Å². The van der Waals surface area contributed by atoms with Gasteiger partial charge in [-0.05, 0) is 74.9 Å². The van der Waals surface area contributed by atoms with Gasteiger partial charge in [0, 0.05) is 12.8 Å². The van der Waals surface area contributed by atoms with Crippen LogP contribution in [0.2, 0.25) is 0 Å². The van der Waals surface area contributed by atoms with Gasteiger partial charge in [0.1, 0.15) is 48.0 Å². The summed E-state index contributed by atoms with van der Waals surface area (Å²) in [5, 5.41) is 40.6. The van der Waals surface area contributed by atoms with Crippen molar-refractivity contribution in [1.29, 1.82) is 0 Å². The Bertz CT molecular complexity index is 2010. The van der Waals surface area contributed by atoms with Crippen LogP contribution in [0.3, 0.4) is 0 Å². The van der Waals surface area contributed by atoms with Crippen LogP contribution >= 0.6 is 0 Å². The lowest BCUT2D eigenvalue weighted by Crippen LogP contribution is -2.61. The number of nitrogens with one attached hydrogen (secondary N) is 8. The lowest BCUT2D eigenvalue weighted by molar-refractivity contribution is -0.144. The van der Waals surface area contributed by atoms with Crippen molar-refractivity contribution >= 4 is 53.2 Å². The van der Waals surface area contributed by atoms with Gasteiger partial charge in [0.15, 0.2) is 0 Å². The fourth-order valence-electron chi connectivity index (χ4n) is 6.91. The molecule has 0 aliphatic carbocycles. The number of carbonyl (C=O) groups excluding carboxylic acids is 8. The number of aromatic hydroxyl groups is 1. The third-order valence-corrected chi connectivity index (χ3v) is 11.6. The van der Waals surface area contributed by atoms with Gasteiger partial charge < -0.3 is 64.2 Å². The first-order valence-corrected chi connectivity index (χ1v) is 23.0. The number of hydrogen-bond acceptors (Lipinski definition) is 12. The van der Waals surface area contributed by atoms with Crippen molar-refractivity contribution in [3.05, 3.63) is 65.7 Å². The molecule has 14 N–H and O–H groups in total. The molecule has 0 heterocycles. The zero-order valence-electron chi connectivity index (χ0n) is 40.1. The number of aliphatic carboxylic acids is 1. The third-order valence-electron chi connectivity index (χ3n) is 11.6. The van der Waals surface area contributed by atoms with E-state index in [4.69, 9.17) is 11.5 Å². The number of carboxylic acids is 1. The topological polar surface area (TPSA) is 342 Å². The molecule has 0 aliphatic rings. The maximum Gasteiger partial charge on any atom is 0.326 e. The van der Waals surface area contributed by atoms with Gasteiger partial charge in [-0.15, -0.1) is 0 Å². The summed E-state index contributed by atoms with van der Waals surface area (Å²) < 4.78 is 0. The number of amides is 8. The van der Waals surface area contributed by atoms with Crippen LogP contribution in [0.25, 0.3) is 0 Å². The summed E-state index contributed by atoms with van der Waals surface area (Å²) in [5.41, 5.74) is 12.6. The molecule has 0 radical (unpaired) electrons. The van der Waals surface area contributed by atoms with Gasteiger partial charge in [0.25, 0.3) is 0 Å². The summed E-state index contributed by atoms with van der Waals surface area (Å²) >= 11 is 0. The number of rotatable bonds is 30. The Labute approximate surface area is 397 Å². The Morgan fingerprint density at radius 3 is 1.56 bits per heavy atom. The standard InChI is InChI=1S/C47H72N10O11/c1-8-26(4)38(56-44(64)35(24-30-18-20-31(58)21-19-30)54-42(62)33(10-3)52-41(61)32(48)17-14-22-50-7)46(66)55-34(23-29-15-12-11-13-16-29)43(63)51-28(6)40(60)53-36(25-37(49)59)45(65)57-39(47(67)68)27(5)9-2/h11-13,15-16,18-21,26-28,32-36,38-39,50,58H,8-10,14,17,22-25,48H2,1-7H3,(H2,49,59)(H,51,63)(H,52,61)(H,53,60)(H,54,62)(H,55,66)(H,56,64)(H,57,65)(H,67,68)/t26-,27-,28-,32-,33-,34-,35-,36-,38-,39-/m0/s1. The second kappa shape index (κ2) is 29.2. The van der Waals surface area contributed by atoms with E-state index in [1.165, 1.54) is 19.1 Å². The molecule has 0 saturated carbocycles. The number of nitrogens with two attached hydrogens (primary N) is 2. The number of hydrogen-bond donors (Lipinski definition) is 12. The van der Waals surface area contributed by atoms with Crippen LogP contribution in [-0.4, -0.2) is 125 Å². The largest absolute Gasteiger partial charge is 0.508 e. The number of phenolic OH excluding ortho intramolecular Hbond substituents is 1. The highest BCUT2D eigenvalue weighted by molar-refractivity contribution is 5.98. The van der Waals surface area contributed by atoms with E-state index < -0.39 is 120 Å². The second-order valence-electron chi connectivity index (χ2n) is 17.0. The van der Waals surface area contributed by atoms with Gasteiger partial charge in [-0.25, -0.2) is 4.79 Å². The monoisotopic (exact) mass is 953 g/mol. The van der Waals surface area contributed by atoms with E-state index in [2.05, 4.69) is 42.5 Å². The second-order valence-corrected chi connectivity index (χ2v) is 17.0. The molecule has 8 amide bonds. The molecular formula is C47H72N10O11. The Morgan fingerprint density at radius 1 is 0.559 bits per heavy atom. The summed E-state index contributed by atoms with van der Waals surface area (Å²) in [6.07, 6.45) is 1.09. The first-order valence-electron chi connectivity index (χ1n) is 23.0. The summed E-state index contributed by atoms with van der Waals surface area (Å²) in [5.74, 6) is -8.83. The van der Waals surface area contributed by atoms with Gasteiger partial charge in [0.05, 0.1) is 12.5 Å². The first-order chi connectivity index (χ1) is 32.1. The van der Waals surface area contributed by atoms with Crippen LogP contribution in [0.1, 0.15) is 91.2 Å². The lowest BCUT2D eigenvalue weighted by atomic mass is 9.96. The number of phenols is 1. The fraction of sp³-hybridized carbons (Fsp3) is 0.553. The minimum Gasteiger partial charge on any atom is -0.508 e. The molecule has 0 fully saturated rings. The van der Waals surface area contributed by atoms with Crippen molar-refractivity contribution in [2.24, 2.45) is 23.3 Å². The fourth-order valence-corrected chi connectivity index (χ4v) is 6.91. The van der Waals surface area contributed by atoms with Crippen molar-refractivity contribution in [2.45, 2.75) is 141 Å². The molecule has 21 heteroatoms. The maximum atomic E-state index is 14.3. The van der Waals surface area contributed by atoms with Crippen LogP contribution in [0.4, 0.5) is 0 Å². The molecule has 0 spiro atoms. The van der Waals surface area contributed by atoms with Gasteiger partial charge in [-0.3, -0.25) is 38.4 Å². The molecule has 2 rings (SSSR count). The van der Waals surface area contributed by atoms with E-state index in [9.17, 15) is 53.4 Å². The predicted octanol–water partition coefficient (Wildman–Crippen LogP) is -0.620. The summed E-state index contributed by atoms with van der Waals surface area (Å²) in [7, 11) is 1.77. The SMILES string of the molecule is CC[C@H](NC(=O)[C@@H](N)CCCNC)C(=O)N[C@@H](Cc1ccc(O)cc1)C(=O)N[C@H](C(=O)N[C@@H](Cc1ccccc1)C(=O)N[C@@H](C)C(=O)N[C@@H](CC(N)=O)C(=O)N[C@H](C(=O)O)[C@@H](C)CC)[C@@H](C)CC. The lowest BCUT2D eigenvalue weighted by Gasteiger charge is -2.29. The van der Waals surface area contributed by atoms with Crippen LogP contribution in [0.5, 0.6) is 5.75 Å². The summed E-state index contributed by atoms with van der Waals surface area (Å²) in [4.78, 5) is 120. The van der Waals surface area contributed by atoms with Gasteiger partial charge >= 0.3 is 5.97 Å². The van der Waals surface area contributed by atoms with Gasteiger partial charge in [0.2, 0.25) is 47.3 Å². The maximum absolute atomic E-state index is 14.3. The minimum atomic E-state index is -1.59. The highest BCUT2D eigenvalue weighted by Crippen LogP contribution is 2.15. The minimum absolute atomic E-state index is 0.0286. The van der Waals surface area contributed by atoms with Crippen molar-refractivity contribution < 1.29 is 53.4 Å². The molecule has 2 aromatic rings. The highest BCUT2D eigenvalue weighted by atomic mass is 16.4. The van der Waals surface area contributed by atoms with E-state index >= 15 is 0 Å². The number of carboxylic acid groups (broad SMARTS) is 1. The summed E-state index contributed by atoms with van der Waals surface area (Å²) in [6.45, 7) is 10.5. The van der Waals surface area contributed by atoms with Crippen LogP contribution in [0.15, 0.2) is 54.6 Å². The van der Waals surface area contributed by atoms with Crippen LogP contribution < -0.4 is 54.0 Å². The molecule has 376 valence electrons. The number of primary amides is 1. The Morgan fingerprint density at radius 2 is 1.03 bits per heavy atom. The van der Waals surface area contributed by atoms with E-state index in [0.29, 0.717) is 43.4 Å². The van der Waals surface area contributed by atoms with Crippen molar-refractivity contribution in [1.82, 2.24) is 42.5 Å². The molecule has 21 nitrogen and oxygen atoms in total. The third kappa shape index (κ3) is 19.3. The molecule has 0 aliphatic heterocycles. The van der Waals surface area contributed by atoms with Crippen molar-refractivity contribution in [3.8, 4) is 5.75 Å². The molecule has 68 heavy (non-hydrogen) atoms. The normalized spacial score (nSPS) is 15.5. The molecule has 2 aromatic carbocycles. The molecular weight excluding hydrogens is 881 g/mol. The van der Waals surface area contributed by atoms with Crippen molar-refractivity contribution in [2.75, 3.05) is 13.6 Å². The highest BCUT2D eigenvalue weighted by Gasteiger charge is 2.36. The average Bonchev–Trinajstić information content (AvgIpc) is 3.30. The Balaban J connectivity index is 2.40. The number of carbonyl (C=O) groups is 9. The van der Waals surface area contributed by atoms with E-state index in [0.717, 1.165) is 0 Å². The Hall–Kier alpha value is -6.61. The molecule has 0 saturated heterocycles. The zero-order valence-corrected chi connectivity index (χ0v) is 40.1. The Kier molecular flexibility index (Phi) is 24.7. The van der Waals surface area contributed by atoms with Gasteiger partial charge in [-0.1, -0.05) is 89.9 Å². The molecule has 0 unspecified atom stereocenters. The molecule has 0 bridgehead atoms. The zero-order chi connectivity index (χ0) is 51.1. The molecule has 10 atom stereocenters. The average molecular weight is 953 g/mol. The van der Waals surface area contributed by atoms with Crippen LogP contribution in [0, 0.1) is 11.8 Å². The quantitative estimate of drug-likeness (QED) is 0.0435. The summed E-state index contributed by atoms with van der Waals surface area (Å²) in [6, 6.07) is 4.45. The van der Waals surface area contributed by atoms with Gasteiger partial charge in [-0.2, -0.15) is 0 Å². The smallest absolute Gasteiger partial charge is 0.326 e. The number of benzene rings is 2.